The molecule has 0 aliphatic rings. The Balaban J connectivity index is 1.67. The van der Waals surface area contributed by atoms with Gasteiger partial charge in [0.2, 0.25) is 10.0 Å². The Morgan fingerprint density at radius 2 is 1.88 bits per heavy atom. The van der Waals surface area contributed by atoms with Crippen molar-refractivity contribution in [3.05, 3.63) is 66.2 Å². The molecule has 2 heterocycles. The van der Waals surface area contributed by atoms with Crippen LogP contribution in [0.3, 0.4) is 0 Å². The third-order valence-corrected chi connectivity index (χ3v) is 6.56. The number of pyridine rings is 1. The van der Waals surface area contributed by atoms with Crippen molar-refractivity contribution in [2.24, 2.45) is 0 Å². The second-order valence-electron chi connectivity index (χ2n) is 5.32. The van der Waals surface area contributed by atoms with E-state index in [0.717, 1.165) is 23.1 Å². The molecule has 2 aromatic heterocycles. The maximum Gasteiger partial charge on any atom is 0.250 e. The van der Waals surface area contributed by atoms with Gasteiger partial charge in [0.25, 0.3) is 0 Å². The Morgan fingerprint density at radius 3 is 2.60 bits per heavy atom. The molecule has 0 saturated carbocycles. The van der Waals surface area contributed by atoms with Gasteiger partial charge in [0, 0.05) is 23.2 Å². The quantitative estimate of drug-likeness (QED) is 0.690. The van der Waals surface area contributed by atoms with E-state index in [2.05, 4.69) is 9.71 Å². The molecule has 0 atom stereocenters. The first-order valence-electron chi connectivity index (χ1n) is 7.42. The van der Waals surface area contributed by atoms with Crippen LogP contribution in [0.2, 0.25) is 0 Å². The zero-order valence-corrected chi connectivity index (χ0v) is 14.6. The number of hydrogen-bond donors (Lipinski definition) is 2. The minimum atomic E-state index is -3.63. The molecule has 2 N–H and O–H groups in total. The fourth-order valence-corrected chi connectivity index (χ4v) is 4.59. The number of nitrogens with zero attached hydrogens (tertiary/aromatic N) is 1. The summed E-state index contributed by atoms with van der Waals surface area (Å²) in [5.74, 6) is -0.301. The van der Waals surface area contributed by atoms with Gasteiger partial charge in [-0.3, -0.25) is 4.98 Å². The van der Waals surface area contributed by atoms with Crippen LogP contribution in [0, 0.1) is 5.82 Å². The number of aromatic nitrogens is 1. The summed E-state index contributed by atoms with van der Waals surface area (Å²) in [5.41, 5.74) is 1.45. The highest BCUT2D eigenvalue weighted by molar-refractivity contribution is 7.91. The predicted octanol–water partition coefficient (Wildman–Crippen LogP) is 3.18. The zero-order chi connectivity index (χ0) is 17.9. The van der Waals surface area contributed by atoms with Crippen LogP contribution in [-0.4, -0.2) is 25.1 Å². The summed E-state index contributed by atoms with van der Waals surface area (Å²) in [7, 11) is -3.63. The number of phenolic OH excluding ortho intramolecular Hbond substituents is 1. The highest BCUT2D eigenvalue weighted by Gasteiger charge is 2.17. The van der Waals surface area contributed by atoms with Gasteiger partial charge in [-0.1, -0.05) is 12.1 Å². The molecule has 0 unspecified atom stereocenters. The summed E-state index contributed by atoms with van der Waals surface area (Å²) in [5, 5.41) is 9.24. The molecule has 8 heteroatoms. The van der Waals surface area contributed by atoms with E-state index in [0.29, 0.717) is 16.9 Å². The fraction of sp³-hybridized carbons (Fsp3) is 0.118. The van der Waals surface area contributed by atoms with E-state index in [1.54, 1.807) is 30.3 Å². The molecule has 3 rings (SSSR count). The highest BCUT2D eigenvalue weighted by atomic mass is 32.2. The Kier molecular flexibility index (Phi) is 5.12. The Labute approximate surface area is 148 Å². The number of hydrogen-bond acceptors (Lipinski definition) is 5. The van der Waals surface area contributed by atoms with Crippen molar-refractivity contribution in [1.29, 1.82) is 0 Å². The normalized spacial score (nSPS) is 11.6. The van der Waals surface area contributed by atoms with E-state index < -0.39 is 15.8 Å². The van der Waals surface area contributed by atoms with Crippen molar-refractivity contribution in [1.82, 2.24) is 9.71 Å². The molecule has 0 fully saturated rings. The van der Waals surface area contributed by atoms with Crippen LogP contribution in [0.4, 0.5) is 4.39 Å². The molecule has 0 spiro atoms. The van der Waals surface area contributed by atoms with Crippen molar-refractivity contribution in [2.45, 2.75) is 10.6 Å². The molecule has 0 saturated heterocycles. The van der Waals surface area contributed by atoms with Gasteiger partial charge in [-0.2, -0.15) is 0 Å². The lowest BCUT2D eigenvalue weighted by Gasteiger charge is -2.05. The van der Waals surface area contributed by atoms with Gasteiger partial charge in [-0.25, -0.2) is 17.5 Å². The number of halogens is 1. The first kappa shape index (κ1) is 17.5. The third-order valence-electron chi connectivity index (χ3n) is 3.48. The van der Waals surface area contributed by atoms with E-state index in [4.69, 9.17) is 0 Å². The van der Waals surface area contributed by atoms with Crippen molar-refractivity contribution >= 4 is 21.4 Å². The number of nitrogens with one attached hydrogen (secondary N) is 1. The average Bonchev–Trinajstić information content (AvgIpc) is 3.08. The van der Waals surface area contributed by atoms with Crippen LogP contribution in [0.25, 0.3) is 10.4 Å². The molecule has 0 radical (unpaired) electrons. The van der Waals surface area contributed by atoms with E-state index in [1.165, 1.54) is 18.3 Å². The van der Waals surface area contributed by atoms with Crippen molar-refractivity contribution < 1.29 is 17.9 Å². The van der Waals surface area contributed by atoms with Crippen LogP contribution >= 0.6 is 11.3 Å². The average molecular weight is 378 g/mol. The zero-order valence-electron chi connectivity index (χ0n) is 13.0. The summed E-state index contributed by atoms with van der Waals surface area (Å²) < 4.78 is 40.7. The Bertz CT molecular complexity index is 970. The van der Waals surface area contributed by atoms with Crippen LogP contribution in [-0.2, 0) is 16.4 Å². The summed E-state index contributed by atoms with van der Waals surface area (Å²) in [6, 6.07) is 11.0. The SMILES string of the molecule is O=S(=O)(NCCc1ccc(O)cc1)c1ccc(-c2cncc(F)c2)s1. The van der Waals surface area contributed by atoms with Gasteiger partial charge in [0.15, 0.2) is 0 Å². The lowest BCUT2D eigenvalue weighted by atomic mass is 10.1. The van der Waals surface area contributed by atoms with Crippen LogP contribution in [0.1, 0.15) is 5.56 Å². The van der Waals surface area contributed by atoms with Crippen molar-refractivity contribution in [2.75, 3.05) is 6.54 Å². The van der Waals surface area contributed by atoms with Crippen LogP contribution in [0.15, 0.2) is 59.1 Å². The number of rotatable bonds is 6. The molecule has 130 valence electrons. The van der Waals surface area contributed by atoms with E-state index in [1.807, 2.05) is 0 Å². The molecule has 1 aromatic carbocycles. The molecule has 0 bridgehead atoms. The van der Waals surface area contributed by atoms with E-state index >= 15 is 0 Å². The minimum absolute atomic E-state index is 0.164. The number of aromatic hydroxyl groups is 1. The largest absolute Gasteiger partial charge is 0.508 e. The standard InChI is InChI=1S/C17H15FN2O3S2/c18-14-9-13(10-19-11-14)16-5-6-17(24-16)25(22,23)20-8-7-12-1-3-15(21)4-2-12/h1-6,9-11,20-21H,7-8H2. The first-order chi connectivity index (χ1) is 11.9. The van der Waals surface area contributed by atoms with Gasteiger partial charge in [0.1, 0.15) is 15.8 Å². The van der Waals surface area contributed by atoms with Gasteiger partial charge in [-0.05, 0) is 42.3 Å². The number of thiophene rings is 1. The van der Waals surface area contributed by atoms with E-state index in [9.17, 15) is 17.9 Å². The molecule has 3 aromatic rings. The molecule has 25 heavy (non-hydrogen) atoms. The van der Waals surface area contributed by atoms with E-state index in [-0.39, 0.29) is 16.5 Å². The summed E-state index contributed by atoms with van der Waals surface area (Å²) >= 11 is 1.06. The second kappa shape index (κ2) is 7.30. The Morgan fingerprint density at radius 1 is 1.12 bits per heavy atom. The summed E-state index contributed by atoms with van der Waals surface area (Å²) in [6.45, 7) is 0.238. The van der Waals surface area contributed by atoms with Gasteiger partial charge >= 0.3 is 0 Å². The predicted molar refractivity (Wildman–Crippen MR) is 94.5 cm³/mol. The molecular weight excluding hydrogens is 363 g/mol. The first-order valence-corrected chi connectivity index (χ1v) is 9.72. The topological polar surface area (TPSA) is 79.3 Å². The molecule has 0 amide bonds. The summed E-state index contributed by atoms with van der Waals surface area (Å²) in [6.07, 6.45) is 3.09. The maximum absolute atomic E-state index is 13.2. The van der Waals surface area contributed by atoms with Crippen LogP contribution < -0.4 is 4.72 Å². The van der Waals surface area contributed by atoms with Gasteiger partial charge in [0.05, 0.1) is 6.20 Å². The summed E-state index contributed by atoms with van der Waals surface area (Å²) in [4.78, 5) is 4.40. The van der Waals surface area contributed by atoms with Crippen molar-refractivity contribution in [3.8, 4) is 16.2 Å². The number of benzene rings is 1. The third kappa shape index (κ3) is 4.41. The second-order valence-corrected chi connectivity index (χ2v) is 8.40. The fourth-order valence-electron chi connectivity index (χ4n) is 2.23. The lowest BCUT2D eigenvalue weighted by Crippen LogP contribution is -2.25. The molecule has 5 nitrogen and oxygen atoms in total. The van der Waals surface area contributed by atoms with Gasteiger partial charge in [-0.15, -0.1) is 11.3 Å². The minimum Gasteiger partial charge on any atom is -0.508 e. The lowest BCUT2D eigenvalue weighted by molar-refractivity contribution is 0.475. The molecule has 0 aliphatic carbocycles. The molecular formula is C17H15FN2O3S2. The highest BCUT2D eigenvalue weighted by Crippen LogP contribution is 2.30. The van der Waals surface area contributed by atoms with Gasteiger partial charge < -0.3 is 5.11 Å². The Hall–Kier alpha value is -2.29. The maximum atomic E-state index is 13.2. The smallest absolute Gasteiger partial charge is 0.250 e. The number of phenols is 1. The monoisotopic (exact) mass is 378 g/mol. The van der Waals surface area contributed by atoms with Crippen LogP contribution in [0.5, 0.6) is 5.75 Å². The molecule has 0 aliphatic heterocycles. The van der Waals surface area contributed by atoms with Crippen molar-refractivity contribution in [3.63, 3.8) is 0 Å². The number of sulfonamides is 1.